The number of β-amino-alcohol motifs (C(OH)–C–C–N with tert-alkyl or cyclic N) is 1. The standard InChI is InChI=1S/C57H68ClN11O5S/c1-35(37-16-18-39(19-17-37)50-44(60-34-75-50)10-8-22-59-23-28-70)61-52(72)48-30-41(71)32-67(48)54(74)51(56(2,3)4)68-33-45(63-64-68)38-14-12-36(13-15-38)31-65-24-26-66(27-25-65)40-20-21-42-47(29-40)69-46-11-7-9-43(58)49(46)53(73)62-55(69)57(42,5)6/h7,9,11,16-21,29,33-36,38,41,48,51,59,70-71H,12-15,22-28,30-32H2,1-6H3,(H,61,72)/t35-,36?,38?,41+,48-,51+/m0/s1. The molecule has 2 amide bonds. The number of benzene rings is 3. The number of halogens is 1. The first-order valence-electron chi connectivity index (χ1n) is 26.4. The van der Waals surface area contributed by atoms with Gasteiger partial charge >= 0.3 is 0 Å². The lowest BCUT2D eigenvalue weighted by Crippen LogP contribution is -2.50. The van der Waals surface area contributed by atoms with Crippen LogP contribution in [0.5, 0.6) is 0 Å². The highest BCUT2D eigenvalue weighted by Crippen LogP contribution is 2.45. The second-order valence-corrected chi connectivity index (χ2v) is 23.7. The monoisotopic (exact) mass is 1050 g/mol. The number of piperazine rings is 1. The Balaban J connectivity index is 0.730. The van der Waals surface area contributed by atoms with Gasteiger partial charge in [-0.05, 0) is 105 Å². The van der Waals surface area contributed by atoms with Gasteiger partial charge in [-0.1, -0.05) is 79.9 Å². The first-order chi connectivity index (χ1) is 36.0. The Morgan fingerprint density at radius 2 is 1.77 bits per heavy atom. The number of aliphatic hydroxyl groups is 2. The van der Waals surface area contributed by atoms with Crippen molar-refractivity contribution in [1.29, 1.82) is 0 Å². The molecule has 2 saturated heterocycles. The number of nitrogens with zero attached hydrogens (tertiary/aromatic N) is 9. The molecule has 4 N–H and O–H groups in total. The minimum Gasteiger partial charge on any atom is -0.395 e. The van der Waals surface area contributed by atoms with Gasteiger partial charge in [0, 0.05) is 70.0 Å². The zero-order valence-electron chi connectivity index (χ0n) is 43.7. The van der Waals surface area contributed by atoms with E-state index in [0.717, 1.165) is 108 Å². The highest BCUT2D eigenvalue weighted by atomic mass is 35.5. The summed E-state index contributed by atoms with van der Waals surface area (Å²) in [5.74, 6) is 7.15. The Morgan fingerprint density at radius 1 is 1.01 bits per heavy atom. The number of aliphatic hydroxyl groups excluding tert-OH is 2. The maximum Gasteiger partial charge on any atom is 0.282 e. The molecular weight excluding hydrogens is 986 g/mol. The van der Waals surface area contributed by atoms with Crippen LogP contribution in [0, 0.1) is 23.2 Å². The summed E-state index contributed by atoms with van der Waals surface area (Å²) in [4.78, 5) is 58.4. The maximum atomic E-state index is 14.7. The van der Waals surface area contributed by atoms with Gasteiger partial charge in [0.05, 0.1) is 68.4 Å². The third kappa shape index (κ3) is 10.6. The van der Waals surface area contributed by atoms with Crippen molar-refractivity contribution in [3.63, 3.8) is 0 Å². The molecule has 1 aliphatic carbocycles. The summed E-state index contributed by atoms with van der Waals surface area (Å²) < 4.78 is 3.82. The fraction of sp³-hybridized carbons (Fsp3) is 0.491. The third-order valence-corrected chi connectivity index (χ3v) is 17.0. The summed E-state index contributed by atoms with van der Waals surface area (Å²) in [7, 11) is 0. The molecule has 4 aliphatic rings. The van der Waals surface area contributed by atoms with Gasteiger partial charge < -0.3 is 30.6 Å². The molecule has 3 fully saturated rings. The molecule has 394 valence electrons. The number of rotatable bonds is 13. The number of carbonyl (C=O) groups excluding carboxylic acids is 2. The Morgan fingerprint density at radius 3 is 2.51 bits per heavy atom. The zero-order valence-corrected chi connectivity index (χ0v) is 45.3. The van der Waals surface area contributed by atoms with E-state index in [-0.39, 0.29) is 48.9 Å². The number of thiazole rings is 1. The molecule has 0 unspecified atom stereocenters. The van der Waals surface area contributed by atoms with Crippen molar-refractivity contribution in [2.24, 2.45) is 11.3 Å². The summed E-state index contributed by atoms with van der Waals surface area (Å²) >= 11 is 8.05. The van der Waals surface area contributed by atoms with Crippen molar-refractivity contribution in [1.82, 2.24) is 50.0 Å². The first-order valence-corrected chi connectivity index (χ1v) is 27.6. The van der Waals surface area contributed by atoms with Crippen LogP contribution in [0.4, 0.5) is 5.69 Å². The molecule has 0 bridgehead atoms. The van der Waals surface area contributed by atoms with Gasteiger partial charge in [-0.15, -0.1) is 16.4 Å². The van der Waals surface area contributed by atoms with E-state index in [9.17, 15) is 19.5 Å². The van der Waals surface area contributed by atoms with E-state index in [0.29, 0.717) is 35.1 Å². The molecule has 1 saturated carbocycles. The summed E-state index contributed by atoms with van der Waals surface area (Å²) in [6, 6.07) is 18.3. The summed E-state index contributed by atoms with van der Waals surface area (Å²) in [5.41, 5.74) is 8.06. The minimum atomic E-state index is -0.844. The quantitative estimate of drug-likeness (QED) is 0.0698. The molecule has 0 spiro atoms. The molecular formula is C57H68ClN11O5S. The summed E-state index contributed by atoms with van der Waals surface area (Å²) in [6.07, 6.45) is 5.43. The highest BCUT2D eigenvalue weighted by Gasteiger charge is 2.46. The van der Waals surface area contributed by atoms with Gasteiger partial charge in [0.1, 0.15) is 23.6 Å². The lowest BCUT2D eigenvalue weighted by atomic mass is 9.80. The number of anilines is 1. The Hall–Kier alpha value is -6.00. The van der Waals surface area contributed by atoms with Gasteiger partial charge in [0.2, 0.25) is 11.8 Å². The largest absolute Gasteiger partial charge is 0.395 e. The average Bonchev–Trinajstić information content (AvgIpc) is 4.20. The molecule has 4 atom stereocenters. The van der Waals surface area contributed by atoms with E-state index in [2.05, 4.69) is 89.2 Å². The molecule has 18 heteroatoms. The van der Waals surface area contributed by atoms with Gasteiger partial charge in [-0.25, -0.2) is 9.67 Å². The van der Waals surface area contributed by atoms with Gasteiger partial charge in [0.25, 0.3) is 5.56 Å². The lowest BCUT2D eigenvalue weighted by molar-refractivity contribution is -0.144. The SMILES string of the molecule is C[C@H](NC(=O)[C@@H]1C[C@@H](O)CN1C(=O)[C@@H](n1cc(C2CCC(CN3CCN(c4ccc5c(c4)-n4c(nc(=O)c6c(Cl)cccc64)C5(C)C)CC3)CC2)nn1)C(C)(C)C)c1ccc(-c2scnc2C#CCNCCO)cc1. The number of aromatic nitrogens is 6. The van der Waals surface area contributed by atoms with Crippen LogP contribution in [0.3, 0.4) is 0 Å². The second-order valence-electron chi connectivity index (χ2n) is 22.4. The number of likely N-dealkylation sites (tertiary alicyclic amines) is 1. The van der Waals surface area contributed by atoms with Crippen molar-refractivity contribution < 1.29 is 19.8 Å². The van der Waals surface area contributed by atoms with Crippen LogP contribution in [0.2, 0.25) is 5.02 Å². The van der Waals surface area contributed by atoms with E-state index in [1.54, 1.807) is 16.3 Å². The predicted octanol–water partition coefficient (Wildman–Crippen LogP) is 6.85. The normalized spacial score (nSPS) is 21.3. The van der Waals surface area contributed by atoms with Crippen molar-refractivity contribution in [3.05, 3.63) is 116 Å². The van der Waals surface area contributed by atoms with Crippen LogP contribution in [-0.4, -0.2) is 132 Å². The van der Waals surface area contributed by atoms with Crippen LogP contribution < -0.4 is 21.1 Å². The third-order valence-electron chi connectivity index (χ3n) is 15.9. The van der Waals surface area contributed by atoms with Crippen LogP contribution in [-0.2, 0) is 15.0 Å². The van der Waals surface area contributed by atoms with Gasteiger partial charge in [-0.3, -0.25) is 23.9 Å². The summed E-state index contributed by atoms with van der Waals surface area (Å²) in [6.45, 7) is 18.1. The van der Waals surface area contributed by atoms with Crippen LogP contribution in [0.1, 0.15) is 120 Å². The fourth-order valence-corrected chi connectivity index (χ4v) is 12.8. The minimum absolute atomic E-state index is 0.0543. The number of hydrogen-bond donors (Lipinski definition) is 4. The molecule has 6 aromatic rings. The topological polar surface area (TPSA) is 187 Å². The lowest BCUT2D eigenvalue weighted by Gasteiger charge is -2.39. The first kappa shape index (κ1) is 52.4. The number of fused-ring (bicyclic) bond motifs is 5. The average molecular weight is 1050 g/mol. The Bertz CT molecular complexity index is 3190. The number of amides is 2. The number of carbonyl (C=O) groups is 2. The number of hydrogen-bond acceptors (Lipinski definition) is 13. The van der Waals surface area contributed by atoms with Gasteiger partial charge in [0.15, 0.2) is 0 Å². The zero-order chi connectivity index (χ0) is 52.8. The Labute approximate surface area is 447 Å². The number of nitrogens with one attached hydrogen (secondary N) is 2. The molecule has 10 rings (SSSR count). The smallest absolute Gasteiger partial charge is 0.282 e. The van der Waals surface area contributed by atoms with Crippen LogP contribution >= 0.6 is 22.9 Å². The maximum absolute atomic E-state index is 14.7. The second kappa shape index (κ2) is 21.6. The highest BCUT2D eigenvalue weighted by molar-refractivity contribution is 7.13. The van der Waals surface area contributed by atoms with Crippen molar-refractivity contribution in [2.75, 3.05) is 63.9 Å². The van der Waals surface area contributed by atoms with E-state index in [1.807, 2.05) is 70.3 Å². The molecule has 16 nitrogen and oxygen atoms in total. The molecule has 0 radical (unpaired) electrons. The molecule has 3 aromatic heterocycles. The molecule has 6 heterocycles. The van der Waals surface area contributed by atoms with E-state index in [4.69, 9.17) is 16.7 Å². The fourth-order valence-electron chi connectivity index (χ4n) is 11.8. The molecule has 3 aromatic carbocycles. The molecule has 75 heavy (non-hydrogen) atoms. The molecule has 3 aliphatic heterocycles. The Kier molecular flexibility index (Phi) is 15.1. The van der Waals surface area contributed by atoms with Crippen molar-refractivity contribution >= 4 is 51.3 Å². The van der Waals surface area contributed by atoms with E-state index < -0.39 is 29.0 Å². The van der Waals surface area contributed by atoms with Crippen molar-refractivity contribution in [2.45, 2.75) is 109 Å². The van der Waals surface area contributed by atoms with Crippen molar-refractivity contribution in [3.8, 4) is 28.0 Å². The van der Waals surface area contributed by atoms with E-state index in [1.165, 1.54) is 16.2 Å². The van der Waals surface area contributed by atoms with Crippen LogP contribution in [0.15, 0.2) is 77.2 Å². The predicted molar refractivity (Wildman–Crippen MR) is 293 cm³/mol. The van der Waals surface area contributed by atoms with Crippen LogP contribution in [0.25, 0.3) is 27.0 Å². The van der Waals surface area contributed by atoms with Gasteiger partial charge in [-0.2, -0.15) is 4.98 Å². The van der Waals surface area contributed by atoms with E-state index >= 15 is 0 Å². The summed E-state index contributed by atoms with van der Waals surface area (Å²) in [5, 5.41) is 36.2.